The largest absolute Gasteiger partial charge is 0.487 e. The standard InChI is InChI=1S/C19H14Cl2FNO2S2/c1-2-23-18(24)16(27-19(23)26)8-12-7-13(20)9-15(21)17(12)25-10-11-3-5-14(22)6-4-11/h3-9H,2,10H2,1H3. The molecule has 0 aromatic heterocycles. The van der Waals surface area contributed by atoms with Gasteiger partial charge in [-0.15, -0.1) is 0 Å². The third-order valence-corrected chi connectivity index (χ3v) is 5.69. The Balaban J connectivity index is 1.91. The second-order valence-corrected chi connectivity index (χ2v) is 8.17. The molecule has 8 heteroatoms. The summed E-state index contributed by atoms with van der Waals surface area (Å²) in [6.45, 7) is 2.56. The van der Waals surface area contributed by atoms with Gasteiger partial charge >= 0.3 is 0 Å². The van der Waals surface area contributed by atoms with Crippen LogP contribution < -0.4 is 4.74 Å². The molecule has 1 aliphatic heterocycles. The fourth-order valence-electron chi connectivity index (χ4n) is 2.49. The third kappa shape index (κ3) is 4.63. The number of thioether (sulfide) groups is 1. The molecule has 27 heavy (non-hydrogen) atoms. The minimum atomic E-state index is -0.318. The Morgan fingerprint density at radius 1 is 1.26 bits per heavy atom. The molecule has 0 bridgehead atoms. The minimum Gasteiger partial charge on any atom is -0.487 e. The van der Waals surface area contributed by atoms with Gasteiger partial charge in [-0.2, -0.15) is 0 Å². The van der Waals surface area contributed by atoms with Crippen LogP contribution >= 0.6 is 47.2 Å². The summed E-state index contributed by atoms with van der Waals surface area (Å²) in [6, 6.07) is 9.22. The maximum absolute atomic E-state index is 13.0. The first-order valence-corrected chi connectivity index (χ1v) is 9.98. The molecular formula is C19H14Cl2FNO2S2. The predicted molar refractivity (Wildman–Crippen MR) is 113 cm³/mol. The molecule has 0 atom stereocenters. The van der Waals surface area contributed by atoms with Crippen molar-refractivity contribution in [3.63, 3.8) is 0 Å². The molecule has 3 rings (SSSR count). The van der Waals surface area contributed by atoms with Crippen molar-refractivity contribution < 1.29 is 13.9 Å². The first kappa shape index (κ1) is 20.1. The summed E-state index contributed by atoms with van der Waals surface area (Å²) < 4.78 is 19.4. The predicted octanol–water partition coefficient (Wildman–Crippen LogP) is 5.93. The highest BCUT2D eigenvalue weighted by atomic mass is 35.5. The van der Waals surface area contributed by atoms with Crippen molar-refractivity contribution in [2.45, 2.75) is 13.5 Å². The number of rotatable bonds is 5. The number of hydrogen-bond donors (Lipinski definition) is 0. The highest BCUT2D eigenvalue weighted by molar-refractivity contribution is 8.26. The van der Waals surface area contributed by atoms with E-state index in [1.54, 1.807) is 30.3 Å². The van der Waals surface area contributed by atoms with E-state index in [-0.39, 0.29) is 18.3 Å². The van der Waals surface area contributed by atoms with Crippen molar-refractivity contribution in [1.82, 2.24) is 4.90 Å². The molecule has 0 spiro atoms. The van der Waals surface area contributed by atoms with Gasteiger partial charge in [-0.05, 0) is 42.8 Å². The van der Waals surface area contributed by atoms with Crippen LogP contribution in [0.25, 0.3) is 6.08 Å². The number of carbonyl (C=O) groups excluding carboxylic acids is 1. The van der Waals surface area contributed by atoms with Gasteiger partial charge in [0, 0.05) is 17.1 Å². The van der Waals surface area contributed by atoms with Crippen molar-refractivity contribution >= 4 is 63.5 Å². The summed E-state index contributed by atoms with van der Waals surface area (Å²) in [5.74, 6) is -0.0813. The van der Waals surface area contributed by atoms with E-state index in [9.17, 15) is 9.18 Å². The fourth-order valence-corrected chi connectivity index (χ4v) is 4.43. The summed E-state index contributed by atoms with van der Waals surface area (Å²) in [6.07, 6.45) is 1.67. The van der Waals surface area contributed by atoms with E-state index >= 15 is 0 Å². The van der Waals surface area contributed by atoms with Crippen molar-refractivity contribution in [3.05, 3.63) is 68.3 Å². The van der Waals surface area contributed by atoms with Gasteiger partial charge < -0.3 is 4.74 Å². The molecule has 2 aromatic rings. The molecule has 140 valence electrons. The van der Waals surface area contributed by atoms with Gasteiger partial charge in [-0.3, -0.25) is 9.69 Å². The zero-order valence-electron chi connectivity index (χ0n) is 14.2. The summed E-state index contributed by atoms with van der Waals surface area (Å²) >= 11 is 18.9. The summed E-state index contributed by atoms with van der Waals surface area (Å²) in [7, 11) is 0. The lowest BCUT2D eigenvalue weighted by molar-refractivity contribution is -0.121. The molecule has 2 aromatic carbocycles. The fraction of sp³-hybridized carbons (Fsp3) is 0.158. The Labute approximate surface area is 176 Å². The first-order chi connectivity index (χ1) is 12.9. The van der Waals surface area contributed by atoms with Crippen LogP contribution in [0.5, 0.6) is 5.75 Å². The van der Waals surface area contributed by atoms with Gasteiger partial charge in [0.25, 0.3) is 5.91 Å². The highest BCUT2D eigenvalue weighted by Gasteiger charge is 2.31. The summed E-state index contributed by atoms with van der Waals surface area (Å²) in [5, 5.41) is 0.744. The molecule has 1 fully saturated rings. The smallest absolute Gasteiger partial charge is 0.266 e. The minimum absolute atomic E-state index is 0.159. The quantitative estimate of drug-likeness (QED) is 0.424. The van der Waals surface area contributed by atoms with E-state index < -0.39 is 0 Å². The molecule has 3 nitrogen and oxygen atoms in total. The number of halogens is 3. The Kier molecular flexibility index (Phi) is 6.42. The molecular weight excluding hydrogens is 428 g/mol. The number of likely N-dealkylation sites (N-methyl/N-ethyl adjacent to an activating group) is 1. The number of carbonyl (C=O) groups is 1. The molecule has 1 aliphatic rings. The van der Waals surface area contributed by atoms with Gasteiger partial charge in [0.15, 0.2) is 0 Å². The van der Waals surface area contributed by atoms with E-state index in [4.69, 9.17) is 40.2 Å². The lowest BCUT2D eigenvalue weighted by atomic mass is 10.1. The van der Waals surface area contributed by atoms with Crippen molar-refractivity contribution in [2.75, 3.05) is 6.54 Å². The lowest BCUT2D eigenvalue weighted by Crippen LogP contribution is -2.27. The van der Waals surface area contributed by atoms with Crippen LogP contribution in [0.1, 0.15) is 18.1 Å². The van der Waals surface area contributed by atoms with Crippen LogP contribution in [0, 0.1) is 5.82 Å². The second kappa shape index (κ2) is 8.61. The molecule has 0 saturated carbocycles. The molecule has 0 unspecified atom stereocenters. The lowest BCUT2D eigenvalue weighted by Gasteiger charge is -2.13. The summed E-state index contributed by atoms with van der Waals surface area (Å²) in [4.78, 5) is 14.5. The molecule has 1 saturated heterocycles. The molecule has 0 N–H and O–H groups in total. The molecule has 0 aliphatic carbocycles. The topological polar surface area (TPSA) is 29.5 Å². The van der Waals surface area contributed by atoms with E-state index in [1.165, 1.54) is 28.8 Å². The molecule has 0 radical (unpaired) electrons. The Morgan fingerprint density at radius 2 is 1.96 bits per heavy atom. The van der Waals surface area contributed by atoms with E-state index in [0.29, 0.717) is 37.1 Å². The Hall–Kier alpha value is -1.60. The van der Waals surface area contributed by atoms with Crippen LogP contribution in [0.2, 0.25) is 10.0 Å². The SMILES string of the molecule is CCN1C(=O)C(=Cc2cc(Cl)cc(Cl)c2OCc2ccc(F)cc2)SC1=S. The zero-order chi connectivity index (χ0) is 19.6. The van der Waals surface area contributed by atoms with Crippen molar-refractivity contribution in [2.24, 2.45) is 0 Å². The van der Waals surface area contributed by atoms with Crippen molar-refractivity contribution in [1.29, 1.82) is 0 Å². The highest BCUT2D eigenvalue weighted by Crippen LogP contribution is 2.38. The number of nitrogens with zero attached hydrogens (tertiary/aromatic N) is 1. The van der Waals surface area contributed by atoms with Crippen LogP contribution in [-0.4, -0.2) is 21.7 Å². The number of amides is 1. The van der Waals surface area contributed by atoms with Gasteiger partial charge in [-0.1, -0.05) is 59.3 Å². The average molecular weight is 442 g/mol. The van der Waals surface area contributed by atoms with Crippen molar-refractivity contribution in [3.8, 4) is 5.75 Å². The van der Waals surface area contributed by atoms with E-state index in [2.05, 4.69) is 0 Å². The van der Waals surface area contributed by atoms with Gasteiger partial charge in [0.1, 0.15) is 22.5 Å². The monoisotopic (exact) mass is 441 g/mol. The second-order valence-electron chi connectivity index (χ2n) is 5.65. The van der Waals surface area contributed by atoms with Crippen LogP contribution in [0.4, 0.5) is 4.39 Å². The zero-order valence-corrected chi connectivity index (χ0v) is 17.3. The van der Waals surface area contributed by atoms with E-state index in [0.717, 1.165) is 5.56 Å². The van der Waals surface area contributed by atoms with Gasteiger partial charge in [-0.25, -0.2) is 4.39 Å². The van der Waals surface area contributed by atoms with Crippen LogP contribution in [0.15, 0.2) is 41.3 Å². The number of thiocarbonyl (C=S) groups is 1. The number of ether oxygens (including phenoxy) is 1. The molecule has 1 heterocycles. The maximum atomic E-state index is 13.0. The summed E-state index contributed by atoms with van der Waals surface area (Å²) in [5.41, 5.74) is 1.36. The Bertz CT molecular complexity index is 932. The third-order valence-electron chi connectivity index (χ3n) is 3.81. The van der Waals surface area contributed by atoms with Crippen LogP contribution in [0.3, 0.4) is 0 Å². The van der Waals surface area contributed by atoms with Crippen LogP contribution in [-0.2, 0) is 11.4 Å². The van der Waals surface area contributed by atoms with Gasteiger partial charge in [0.2, 0.25) is 0 Å². The Morgan fingerprint density at radius 3 is 2.59 bits per heavy atom. The first-order valence-electron chi connectivity index (χ1n) is 8.00. The number of benzene rings is 2. The van der Waals surface area contributed by atoms with Gasteiger partial charge in [0.05, 0.1) is 9.93 Å². The van der Waals surface area contributed by atoms with E-state index in [1.807, 2.05) is 6.92 Å². The average Bonchev–Trinajstić information content (AvgIpc) is 2.88. The molecule has 1 amide bonds. The normalized spacial score (nSPS) is 15.7. The number of hydrogen-bond acceptors (Lipinski definition) is 4. The maximum Gasteiger partial charge on any atom is 0.266 e.